The summed E-state index contributed by atoms with van der Waals surface area (Å²) in [4.78, 5) is 63.1. The van der Waals surface area contributed by atoms with Crippen molar-refractivity contribution >= 4 is 45.9 Å². The zero-order chi connectivity index (χ0) is 44.1. The van der Waals surface area contributed by atoms with Gasteiger partial charge in [-0.25, -0.2) is 23.1 Å². The number of piperidine rings is 1. The number of nitrogens with zero attached hydrogens (tertiary/aromatic N) is 10. The molecule has 336 valence electrons. The van der Waals surface area contributed by atoms with Crippen LogP contribution < -0.4 is 21.2 Å². The van der Waals surface area contributed by atoms with Crippen LogP contribution in [0.1, 0.15) is 91.5 Å². The second kappa shape index (κ2) is 17.2. The third-order valence-electron chi connectivity index (χ3n) is 14.1. The first-order chi connectivity index (χ1) is 31.0. The van der Waals surface area contributed by atoms with E-state index in [1.165, 1.54) is 19.8 Å². The normalized spacial score (nSPS) is 24.6. The summed E-state index contributed by atoms with van der Waals surface area (Å²) in [6.07, 6.45) is 7.87. The van der Waals surface area contributed by atoms with E-state index < -0.39 is 30.0 Å². The van der Waals surface area contributed by atoms with Gasteiger partial charge in [0.25, 0.3) is 12.3 Å². The molecule has 0 bridgehead atoms. The number of imide groups is 1. The third kappa shape index (κ3) is 8.07. The van der Waals surface area contributed by atoms with Crippen LogP contribution in [0.3, 0.4) is 0 Å². The van der Waals surface area contributed by atoms with Gasteiger partial charge < -0.3 is 19.9 Å². The number of anilines is 2. The molecule has 2 atom stereocenters. The van der Waals surface area contributed by atoms with Gasteiger partial charge in [-0.3, -0.25) is 38.4 Å². The van der Waals surface area contributed by atoms with Crippen molar-refractivity contribution in [1.82, 2.24) is 48.6 Å². The van der Waals surface area contributed by atoms with Crippen LogP contribution in [0.2, 0.25) is 0 Å². The first-order valence-corrected chi connectivity index (χ1v) is 22.4. The van der Waals surface area contributed by atoms with Gasteiger partial charge in [-0.1, -0.05) is 17.9 Å². The number of aromatic nitrogens is 7. The van der Waals surface area contributed by atoms with Crippen molar-refractivity contribution in [1.29, 1.82) is 0 Å². The molecule has 1 aromatic carbocycles. The Morgan fingerprint density at radius 3 is 2.61 bits per heavy atom. The number of hydrogen-bond acceptors (Lipinski definition) is 11. The maximum absolute atomic E-state index is 14.3. The van der Waals surface area contributed by atoms with Crippen LogP contribution in [0, 0.1) is 23.2 Å². The van der Waals surface area contributed by atoms with E-state index in [1.54, 1.807) is 24.1 Å². The van der Waals surface area contributed by atoms with Crippen molar-refractivity contribution in [3.63, 3.8) is 0 Å². The van der Waals surface area contributed by atoms with Crippen molar-refractivity contribution in [3.05, 3.63) is 70.2 Å². The Hall–Kier alpha value is -5.97. The van der Waals surface area contributed by atoms with E-state index in [4.69, 9.17) is 9.72 Å². The highest BCUT2D eigenvalue weighted by Gasteiger charge is 2.42. The zero-order valence-corrected chi connectivity index (χ0v) is 35.8. The molecule has 1 aliphatic carbocycles. The lowest BCUT2D eigenvalue weighted by atomic mass is 9.85. The van der Waals surface area contributed by atoms with E-state index in [2.05, 4.69) is 47.4 Å². The molecular formula is C45H52F2N12O5. The molecule has 17 nitrogen and oxygen atoms in total. The summed E-state index contributed by atoms with van der Waals surface area (Å²) in [5, 5.41) is 13.7. The first-order valence-electron chi connectivity index (χ1n) is 22.4. The van der Waals surface area contributed by atoms with Crippen molar-refractivity contribution in [2.45, 2.75) is 69.9 Å². The van der Waals surface area contributed by atoms with E-state index in [1.807, 2.05) is 24.3 Å². The molecule has 19 heteroatoms. The number of fused-ring (bicyclic) bond motifs is 2. The van der Waals surface area contributed by atoms with Gasteiger partial charge >= 0.3 is 5.69 Å². The quantitative estimate of drug-likeness (QED) is 0.163. The monoisotopic (exact) mass is 878 g/mol. The molecular weight excluding hydrogens is 827 g/mol. The van der Waals surface area contributed by atoms with Gasteiger partial charge in [0.15, 0.2) is 11.3 Å². The number of benzene rings is 1. The number of piperazine rings is 1. The molecule has 10 rings (SSSR count). The Balaban J connectivity index is 0.716. The maximum Gasteiger partial charge on any atom is 0.329 e. The minimum Gasteiger partial charge on any atom is -0.381 e. The van der Waals surface area contributed by atoms with Crippen LogP contribution in [0.4, 0.5) is 20.3 Å². The molecule has 1 saturated carbocycles. The van der Waals surface area contributed by atoms with Gasteiger partial charge in [-0.15, -0.1) is 0 Å². The Morgan fingerprint density at radius 1 is 1.03 bits per heavy atom. The fourth-order valence-corrected chi connectivity index (χ4v) is 10.4. The summed E-state index contributed by atoms with van der Waals surface area (Å²) in [6.45, 7) is 8.32. The van der Waals surface area contributed by atoms with Gasteiger partial charge in [0.1, 0.15) is 17.4 Å². The van der Waals surface area contributed by atoms with Gasteiger partial charge in [0.05, 0.1) is 47.7 Å². The summed E-state index contributed by atoms with van der Waals surface area (Å²) in [5.74, 6) is 6.44. The summed E-state index contributed by atoms with van der Waals surface area (Å²) in [7, 11) is 1.68. The summed E-state index contributed by atoms with van der Waals surface area (Å²) < 4.78 is 40.5. The number of amides is 3. The Bertz CT molecular complexity index is 2720. The molecule has 5 aromatic rings. The molecule has 4 aliphatic heterocycles. The average Bonchev–Trinajstić information content (AvgIpc) is 4.15. The minimum absolute atomic E-state index is 0.00514. The van der Waals surface area contributed by atoms with Crippen molar-refractivity contribution in [3.8, 4) is 11.8 Å². The van der Waals surface area contributed by atoms with Crippen LogP contribution in [-0.2, 0) is 21.4 Å². The molecule has 4 aromatic heterocycles. The zero-order valence-electron chi connectivity index (χ0n) is 35.8. The molecule has 64 heavy (non-hydrogen) atoms. The fourth-order valence-electron chi connectivity index (χ4n) is 10.4. The van der Waals surface area contributed by atoms with E-state index in [-0.39, 0.29) is 47.1 Å². The summed E-state index contributed by atoms with van der Waals surface area (Å²) >= 11 is 0. The lowest BCUT2D eigenvalue weighted by Crippen LogP contribution is -2.48. The first kappa shape index (κ1) is 42.0. The number of aryl methyl sites for hydroxylation is 1. The van der Waals surface area contributed by atoms with Crippen LogP contribution in [-0.4, -0.2) is 127 Å². The molecule has 4 saturated heterocycles. The van der Waals surface area contributed by atoms with Crippen LogP contribution in [0.15, 0.2) is 47.7 Å². The van der Waals surface area contributed by atoms with Gasteiger partial charge in [0.2, 0.25) is 11.8 Å². The molecule has 1 spiro atoms. The number of ether oxygens (including phenoxy) is 1. The highest BCUT2D eigenvalue weighted by atomic mass is 19.3. The second-order valence-electron chi connectivity index (χ2n) is 18.2. The smallest absolute Gasteiger partial charge is 0.329 e. The number of hydrogen-bond donors (Lipinski definition) is 2. The van der Waals surface area contributed by atoms with Crippen LogP contribution in [0.25, 0.3) is 16.7 Å². The number of rotatable bonds is 9. The maximum atomic E-state index is 14.3. The standard InChI is InChI=1S/C45H52F2N12O5/c1-53-39-30(4-2-6-34(39)59(44(53)63)35-11-12-37(60)51-43(35)62)5-3-16-54-19-21-55(22-20-54)25-29-7-9-31(10-8-29)58-26-33(38(52-58)40(46)47)49-42(61)32-24-48-57-17-13-36(50-41(32)57)56-18-14-45(27-56)15-23-64-28-45/h2,4,6,13,17,24,26,29,31,35,40H,7-12,14-16,18-23,25,27-28H2,1H3,(H,49,61)(H,51,60,62)/t29-,31-,35?,45-/m0/s1. The van der Waals surface area contributed by atoms with Gasteiger partial charge in [0, 0.05) is 83.7 Å². The number of halogens is 2. The molecule has 3 amide bonds. The third-order valence-corrected chi connectivity index (χ3v) is 14.1. The lowest BCUT2D eigenvalue weighted by molar-refractivity contribution is -0.135. The number of nitrogens with one attached hydrogen (secondary N) is 2. The molecule has 0 radical (unpaired) electrons. The van der Waals surface area contributed by atoms with Crippen LogP contribution >= 0.6 is 0 Å². The second-order valence-corrected chi connectivity index (χ2v) is 18.2. The lowest BCUT2D eigenvalue weighted by Gasteiger charge is -2.37. The van der Waals surface area contributed by atoms with E-state index in [9.17, 15) is 28.0 Å². The minimum atomic E-state index is -2.86. The number of carbonyl (C=O) groups excluding carboxylic acids is 3. The SMILES string of the molecule is Cn1c(=O)n(C2CCC(=O)NC2=O)c2cccc(C#CCN3CCN(C[C@H]4CC[C@H](n5cc(NC(=O)c6cnn7ccc(N8CC[C@]9(CCOC9)C8)nc67)c(C(F)F)n5)CC4)CC3)c21. The fraction of sp³-hybridized carbons (Fsp3) is 0.533. The molecule has 1 unspecified atom stereocenters. The summed E-state index contributed by atoms with van der Waals surface area (Å²) in [5.41, 5.74) is 1.91. The van der Waals surface area contributed by atoms with Crippen molar-refractivity contribution in [2.75, 3.05) is 75.8 Å². The number of para-hydroxylation sites is 1. The van der Waals surface area contributed by atoms with Crippen LogP contribution in [0.5, 0.6) is 0 Å². The van der Waals surface area contributed by atoms with Crippen molar-refractivity contribution in [2.24, 2.45) is 18.4 Å². The van der Waals surface area contributed by atoms with Gasteiger partial charge in [-0.05, 0) is 69.1 Å². The highest BCUT2D eigenvalue weighted by molar-refractivity contribution is 6.08. The van der Waals surface area contributed by atoms with E-state index in [0.29, 0.717) is 34.7 Å². The average molecular weight is 879 g/mol. The number of alkyl halides is 2. The Labute approximate surface area is 367 Å². The predicted molar refractivity (Wildman–Crippen MR) is 232 cm³/mol. The Morgan fingerprint density at radius 2 is 1.84 bits per heavy atom. The van der Waals surface area contributed by atoms with E-state index >= 15 is 0 Å². The van der Waals surface area contributed by atoms with E-state index in [0.717, 1.165) is 103 Å². The molecule has 5 fully saturated rings. The number of imidazole rings is 1. The predicted octanol–water partition coefficient (Wildman–Crippen LogP) is 3.76. The summed E-state index contributed by atoms with van der Waals surface area (Å²) in [6, 6.07) is 6.61. The van der Waals surface area contributed by atoms with Crippen molar-refractivity contribution < 1.29 is 27.9 Å². The molecule has 5 aliphatic rings. The topological polar surface area (TPSA) is 169 Å². The molecule has 2 N–H and O–H groups in total. The van der Waals surface area contributed by atoms with Gasteiger partial charge in [-0.2, -0.15) is 10.2 Å². The molecule has 8 heterocycles. The largest absolute Gasteiger partial charge is 0.381 e. The number of carbonyl (C=O) groups is 3. The Kier molecular flexibility index (Phi) is 11.3. The highest BCUT2D eigenvalue weighted by Crippen LogP contribution is 2.40.